The molecule has 4 nitrogen and oxygen atoms in total. The van der Waals surface area contributed by atoms with Crippen LogP contribution in [0.2, 0.25) is 0 Å². The smallest absolute Gasteiger partial charge is 0.326 e. The van der Waals surface area contributed by atoms with Gasteiger partial charge in [-0.05, 0) is 79.6 Å². The van der Waals surface area contributed by atoms with Gasteiger partial charge < -0.3 is 10.4 Å². The van der Waals surface area contributed by atoms with Crippen molar-refractivity contribution in [3.63, 3.8) is 0 Å². The zero-order valence-corrected chi connectivity index (χ0v) is 13.2. The second-order valence-corrected chi connectivity index (χ2v) is 8.54. The van der Waals surface area contributed by atoms with Gasteiger partial charge in [0.05, 0.1) is 0 Å². The number of carbonyl (C=O) groups excluding carboxylic acids is 1. The number of carboxylic acid groups (broad SMARTS) is 1. The van der Waals surface area contributed by atoms with E-state index in [-0.39, 0.29) is 0 Å². The van der Waals surface area contributed by atoms with E-state index in [1.165, 1.54) is 44.3 Å². The summed E-state index contributed by atoms with van der Waals surface area (Å²) in [6.07, 6.45) is 9.62. The molecule has 4 fully saturated rings. The van der Waals surface area contributed by atoms with Crippen molar-refractivity contribution in [3.8, 4) is 0 Å². The molecule has 21 heavy (non-hydrogen) atoms. The Morgan fingerprint density at radius 1 is 1.24 bits per heavy atom. The molecule has 4 aliphatic carbocycles. The van der Waals surface area contributed by atoms with Crippen molar-refractivity contribution >= 4 is 24.1 Å². The van der Waals surface area contributed by atoms with E-state index in [9.17, 15) is 9.59 Å². The number of carboxylic acids is 1. The van der Waals surface area contributed by atoms with Gasteiger partial charge in [0, 0.05) is 0 Å². The molecule has 2 N–H and O–H groups in total. The maximum Gasteiger partial charge on any atom is 0.326 e. The maximum atomic E-state index is 11.0. The van der Waals surface area contributed by atoms with E-state index in [1.807, 2.05) is 11.8 Å². The lowest BCUT2D eigenvalue weighted by Crippen LogP contribution is -2.47. The number of thioether (sulfide) groups is 1. The minimum absolute atomic E-state index is 0.489. The molecule has 0 saturated heterocycles. The molecule has 0 aromatic heterocycles. The Bertz CT molecular complexity index is 377. The van der Waals surface area contributed by atoms with Crippen LogP contribution in [0, 0.1) is 23.2 Å². The van der Waals surface area contributed by atoms with Gasteiger partial charge in [-0.1, -0.05) is 0 Å². The Labute approximate surface area is 130 Å². The third-order valence-electron chi connectivity index (χ3n) is 5.69. The predicted molar refractivity (Wildman–Crippen MR) is 83.2 cm³/mol. The Morgan fingerprint density at radius 2 is 1.81 bits per heavy atom. The zero-order valence-electron chi connectivity index (χ0n) is 12.4. The number of hydrogen-bond acceptors (Lipinski definition) is 3. The van der Waals surface area contributed by atoms with Crippen molar-refractivity contribution in [2.24, 2.45) is 23.2 Å². The van der Waals surface area contributed by atoms with E-state index in [2.05, 4.69) is 5.32 Å². The molecule has 0 spiro atoms. The summed E-state index contributed by atoms with van der Waals surface area (Å²) in [6.45, 7) is 0. The molecular formula is C16H25NO3S. The van der Waals surface area contributed by atoms with Gasteiger partial charge in [0.25, 0.3) is 0 Å². The summed E-state index contributed by atoms with van der Waals surface area (Å²) < 4.78 is 0. The molecule has 4 bridgehead atoms. The molecule has 1 atom stereocenters. The van der Waals surface area contributed by atoms with Gasteiger partial charge in [-0.2, -0.15) is 11.8 Å². The van der Waals surface area contributed by atoms with Crippen LogP contribution in [-0.4, -0.2) is 35.0 Å². The maximum absolute atomic E-state index is 11.0. The van der Waals surface area contributed by atoms with Crippen LogP contribution in [-0.2, 0) is 9.59 Å². The van der Waals surface area contributed by atoms with Gasteiger partial charge in [-0.25, -0.2) is 4.79 Å². The molecular weight excluding hydrogens is 286 g/mol. The van der Waals surface area contributed by atoms with Gasteiger partial charge >= 0.3 is 5.97 Å². The normalized spacial score (nSPS) is 38.2. The fraction of sp³-hybridized carbons (Fsp3) is 0.875. The van der Waals surface area contributed by atoms with E-state index in [1.54, 1.807) is 0 Å². The van der Waals surface area contributed by atoms with Crippen LogP contribution in [0.5, 0.6) is 0 Å². The highest BCUT2D eigenvalue weighted by molar-refractivity contribution is 7.99. The Balaban J connectivity index is 1.45. The van der Waals surface area contributed by atoms with Gasteiger partial charge in [0.1, 0.15) is 6.04 Å². The van der Waals surface area contributed by atoms with E-state index in [0.717, 1.165) is 23.5 Å². The first-order chi connectivity index (χ1) is 10.1. The lowest BCUT2D eigenvalue weighted by Gasteiger charge is -2.57. The minimum atomic E-state index is -0.933. The molecule has 4 aliphatic rings. The zero-order chi connectivity index (χ0) is 14.9. The number of carbonyl (C=O) groups is 2. The molecule has 1 amide bonds. The average molecular weight is 311 g/mol. The monoisotopic (exact) mass is 311 g/mol. The minimum Gasteiger partial charge on any atom is -0.480 e. The highest BCUT2D eigenvalue weighted by atomic mass is 32.2. The first-order valence-electron chi connectivity index (χ1n) is 8.10. The van der Waals surface area contributed by atoms with Gasteiger partial charge in [-0.15, -0.1) is 0 Å². The molecule has 5 heteroatoms. The lowest BCUT2D eigenvalue weighted by atomic mass is 9.50. The van der Waals surface area contributed by atoms with Crippen LogP contribution in [0.15, 0.2) is 0 Å². The summed E-state index contributed by atoms with van der Waals surface area (Å²) in [7, 11) is 0. The summed E-state index contributed by atoms with van der Waals surface area (Å²) in [4.78, 5) is 21.4. The molecule has 118 valence electrons. The van der Waals surface area contributed by atoms with Crippen molar-refractivity contribution in [1.82, 2.24) is 5.32 Å². The largest absolute Gasteiger partial charge is 0.480 e. The Hall–Kier alpha value is -0.710. The summed E-state index contributed by atoms with van der Waals surface area (Å²) >= 11 is 1.89. The fourth-order valence-corrected chi connectivity index (χ4v) is 6.65. The van der Waals surface area contributed by atoms with Crippen molar-refractivity contribution in [1.29, 1.82) is 0 Å². The summed E-state index contributed by atoms with van der Waals surface area (Å²) in [5.41, 5.74) is 0.552. The van der Waals surface area contributed by atoms with Crippen molar-refractivity contribution in [3.05, 3.63) is 0 Å². The van der Waals surface area contributed by atoms with E-state index in [4.69, 9.17) is 5.11 Å². The predicted octanol–water partition coefficient (Wildman–Crippen LogP) is 2.53. The lowest BCUT2D eigenvalue weighted by molar-refractivity contribution is -0.140. The van der Waals surface area contributed by atoms with Crippen LogP contribution >= 0.6 is 11.8 Å². The number of rotatable bonds is 8. The first-order valence-corrected chi connectivity index (χ1v) is 9.26. The van der Waals surface area contributed by atoms with Crippen LogP contribution < -0.4 is 5.32 Å². The molecule has 1 unspecified atom stereocenters. The van der Waals surface area contributed by atoms with Crippen molar-refractivity contribution in [2.75, 3.05) is 11.5 Å². The fourth-order valence-electron chi connectivity index (χ4n) is 5.32. The molecule has 4 saturated carbocycles. The van der Waals surface area contributed by atoms with Crippen LogP contribution in [0.1, 0.15) is 44.9 Å². The third-order valence-corrected chi connectivity index (χ3v) is 7.03. The van der Waals surface area contributed by atoms with Crippen LogP contribution in [0.3, 0.4) is 0 Å². The average Bonchev–Trinajstić information content (AvgIpc) is 2.40. The molecule has 0 heterocycles. The number of nitrogens with one attached hydrogen (secondary N) is 1. The number of amides is 1. The quantitative estimate of drug-likeness (QED) is 0.534. The summed E-state index contributed by atoms with van der Waals surface area (Å²) in [6, 6.07) is -0.730. The van der Waals surface area contributed by atoms with Gasteiger partial charge in [0.15, 0.2) is 0 Å². The molecule has 0 aromatic rings. The third kappa shape index (κ3) is 3.38. The standard InChI is InChI=1S/C16H25NO3S/c18-10-17-14(15(19)20)1-2-21-9-16-6-11-3-12(7-16)5-13(4-11)8-16/h10-14H,1-9H2,(H,17,18)(H,19,20). The van der Waals surface area contributed by atoms with Crippen LogP contribution in [0.25, 0.3) is 0 Å². The SMILES string of the molecule is O=CNC(CCSCC12CC3CC(CC(C3)C1)C2)C(=O)O. The van der Waals surface area contributed by atoms with Crippen molar-refractivity contribution < 1.29 is 14.7 Å². The second kappa shape index (κ2) is 6.19. The van der Waals surface area contributed by atoms with Gasteiger partial charge in [0.2, 0.25) is 6.41 Å². The summed E-state index contributed by atoms with van der Waals surface area (Å²) in [5.74, 6) is 3.99. The Kier molecular flexibility index (Phi) is 4.48. The van der Waals surface area contributed by atoms with Gasteiger partial charge in [-0.3, -0.25) is 4.79 Å². The highest BCUT2D eigenvalue weighted by Crippen LogP contribution is 2.60. The Morgan fingerprint density at radius 3 is 2.29 bits per heavy atom. The molecule has 0 radical (unpaired) electrons. The molecule has 4 rings (SSSR count). The molecule has 0 aromatic carbocycles. The second-order valence-electron chi connectivity index (χ2n) is 7.43. The highest BCUT2D eigenvalue weighted by Gasteiger charge is 2.50. The van der Waals surface area contributed by atoms with E-state index >= 15 is 0 Å². The van der Waals surface area contributed by atoms with E-state index in [0.29, 0.717) is 18.2 Å². The summed E-state index contributed by atoms with van der Waals surface area (Å²) in [5, 5.41) is 11.4. The number of aliphatic carboxylic acids is 1. The first kappa shape index (κ1) is 15.2. The van der Waals surface area contributed by atoms with E-state index < -0.39 is 12.0 Å². The molecule has 0 aliphatic heterocycles. The topological polar surface area (TPSA) is 66.4 Å². The van der Waals surface area contributed by atoms with Crippen LogP contribution in [0.4, 0.5) is 0 Å². The van der Waals surface area contributed by atoms with Crippen molar-refractivity contribution in [2.45, 2.75) is 51.0 Å². The number of hydrogen-bond donors (Lipinski definition) is 2.